The molecule has 0 aromatic rings. The summed E-state index contributed by atoms with van der Waals surface area (Å²) in [6.45, 7) is 11.3. The van der Waals surface area contributed by atoms with Gasteiger partial charge in [0.15, 0.2) is 5.78 Å². The molecule has 1 aliphatic carbocycles. The molecule has 1 heteroatoms. The molecule has 0 aromatic heterocycles. The van der Waals surface area contributed by atoms with Crippen LogP contribution in [-0.4, -0.2) is 5.78 Å². The first-order valence-corrected chi connectivity index (χ1v) is 7.20. The third-order valence-electron chi connectivity index (χ3n) is 3.60. The summed E-state index contributed by atoms with van der Waals surface area (Å²) in [5.41, 5.74) is 3.92. The largest absolute Gasteiger partial charge is 0.289 e. The van der Waals surface area contributed by atoms with Crippen LogP contribution in [-0.2, 0) is 4.79 Å². The van der Waals surface area contributed by atoms with Gasteiger partial charge in [0.25, 0.3) is 0 Å². The maximum Gasteiger partial charge on any atom is 0.192 e. The van der Waals surface area contributed by atoms with Crippen molar-refractivity contribution in [3.05, 3.63) is 71.9 Å². The van der Waals surface area contributed by atoms with E-state index in [1.807, 2.05) is 38.2 Å². The lowest BCUT2D eigenvalue weighted by Crippen LogP contribution is -2.11. The van der Waals surface area contributed by atoms with Gasteiger partial charge >= 0.3 is 0 Å². The van der Waals surface area contributed by atoms with Crippen molar-refractivity contribution in [3.63, 3.8) is 0 Å². The van der Waals surface area contributed by atoms with Crippen LogP contribution in [0.4, 0.5) is 0 Å². The molecule has 0 atom stereocenters. The van der Waals surface area contributed by atoms with E-state index < -0.39 is 0 Å². The quantitative estimate of drug-likeness (QED) is 0.475. The summed E-state index contributed by atoms with van der Waals surface area (Å²) >= 11 is 0. The normalized spacial score (nSPS) is 17.5. The van der Waals surface area contributed by atoms with Gasteiger partial charge in [0.2, 0.25) is 0 Å². The van der Waals surface area contributed by atoms with Crippen molar-refractivity contribution in [2.45, 2.75) is 39.5 Å². The molecular formula is C19H24O. The zero-order valence-corrected chi connectivity index (χ0v) is 12.6. The monoisotopic (exact) mass is 268 g/mol. The molecule has 0 heterocycles. The Bertz CT molecular complexity index is 510. The van der Waals surface area contributed by atoms with Gasteiger partial charge in [-0.15, -0.1) is 0 Å². The van der Waals surface area contributed by atoms with E-state index in [1.165, 1.54) is 17.6 Å². The summed E-state index contributed by atoms with van der Waals surface area (Å²) < 4.78 is 0. The standard InChI is InChI=1S/C19H24O/c1-5-9-12-16(7-3)19(20)17(8-4)18-14-11-10-13-15(18)6-2/h5-9,12H,1-2,10-11,13-14H2,3-4H3/b12-9-,16-7+,17-8+. The fraction of sp³-hybridized carbons (Fsp3) is 0.316. The smallest absolute Gasteiger partial charge is 0.192 e. The highest BCUT2D eigenvalue weighted by molar-refractivity contribution is 6.12. The first-order valence-electron chi connectivity index (χ1n) is 7.20. The highest BCUT2D eigenvalue weighted by Crippen LogP contribution is 2.32. The highest BCUT2D eigenvalue weighted by atomic mass is 16.1. The van der Waals surface area contributed by atoms with Crippen molar-refractivity contribution < 1.29 is 4.79 Å². The molecule has 0 N–H and O–H groups in total. The number of carbonyl (C=O) groups excluding carboxylic acids is 1. The van der Waals surface area contributed by atoms with E-state index in [9.17, 15) is 4.79 Å². The molecule has 0 radical (unpaired) electrons. The molecule has 0 aromatic carbocycles. The van der Waals surface area contributed by atoms with Gasteiger partial charge in [-0.3, -0.25) is 4.79 Å². The maximum absolute atomic E-state index is 12.7. The van der Waals surface area contributed by atoms with Crippen molar-refractivity contribution in [3.8, 4) is 0 Å². The molecule has 0 aliphatic heterocycles. The zero-order valence-electron chi connectivity index (χ0n) is 12.6. The van der Waals surface area contributed by atoms with Crippen LogP contribution in [0.15, 0.2) is 71.9 Å². The number of hydrogen-bond donors (Lipinski definition) is 0. The van der Waals surface area contributed by atoms with E-state index >= 15 is 0 Å². The first-order chi connectivity index (χ1) is 9.69. The van der Waals surface area contributed by atoms with Gasteiger partial charge in [-0.05, 0) is 50.7 Å². The molecule has 0 fully saturated rings. The summed E-state index contributed by atoms with van der Waals surface area (Å²) in [7, 11) is 0. The Hall–Kier alpha value is -1.89. The SMILES string of the molecule is C=C/C=C\C(=C/C)C(=O)/C(=C/C)C1=C(C=C)CCCC1. The van der Waals surface area contributed by atoms with Crippen molar-refractivity contribution in [1.29, 1.82) is 0 Å². The van der Waals surface area contributed by atoms with Gasteiger partial charge in [-0.25, -0.2) is 0 Å². The summed E-state index contributed by atoms with van der Waals surface area (Å²) in [6.07, 6.45) is 15.3. The fourth-order valence-electron chi connectivity index (χ4n) is 2.53. The third-order valence-corrected chi connectivity index (χ3v) is 3.60. The highest BCUT2D eigenvalue weighted by Gasteiger charge is 2.20. The molecule has 0 amide bonds. The third kappa shape index (κ3) is 3.80. The van der Waals surface area contributed by atoms with Crippen molar-refractivity contribution in [2.75, 3.05) is 0 Å². The number of Topliss-reactive ketones (excluding diaryl/α,β-unsaturated/α-hetero) is 1. The van der Waals surface area contributed by atoms with Crippen LogP contribution in [0.25, 0.3) is 0 Å². The van der Waals surface area contributed by atoms with E-state index in [0.717, 1.165) is 24.8 Å². The zero-order chi connectivity index (χ0) is 15.0. The van der Waals surface area contributed by atoms with Crippen molar-refractivity contribution in [1.82, 2.24) is 0 Å². The van der Waals surface area contributed by atoms with Gasteiger partial charge in [0, 0.05) is 11.1 Å². The second-order valence-electron chi connectivity index (χ2n) is 4.79. The lowest BCUT2D eigenvalue weighted by atomic mass is 9.84. The minimum absolute atomic E-state index is 0.0874. The van der Waals surface area contributed by atoms with Crippen molar-refractivity contribution >= 4 is 5.78 Å². The van der Waals surface area contributed by atoms with Crippen LogP contribution in [0.1, 0.15) is 39.5 Å². The van der Waals surface area contributed by atoms with Crippen LogP contribution in [0, 0.1) is 0 Å². The molecule has 1 aliphatic rings. The van der Waals surface area contributed by atoms with Gasteiger partial charge in [-0.1, -0.05) is 49.6 Å². The second-order valence-corrected chi connectivity index (χ2v) is 4.79. The maximum atomic E-state index is 12.7. The number of allylic oxidation sites excluding steroid dienone is 10. The summed E-state index contributed by atoms with van der Waals surface area (Å²) in [4.78, 5) is 12.7. The first kappa shape index (κ1) is 16.2. The van der Waals surface area contributed by atoms with E-state index in [4.69, 9.17) is 0 Å². The summed E-state index contributed by atoms with van der Waals surface area (Å²) in [5, 5.41) is 0. The number of hydrogen-bond acceptors (Lipinski definition) is 1. The lowest BCUT2D eigenvalue weighted by Gasteiger charge is -2.20. The molecule has 106 valence electrons. The van der Waals surface area contributed by atoms with Gasteiger partial charge in [-0.2, -0.15) is 0 Å². The minimum Gasteiger partial charge on any atom is -0.289 e. The Balaban J connectivity index is 3.16. The number of rotatable bonds is 6. The summed E-state index contributed by atoms with van der Waals surface area (Å²) in [5.74, 6) is 0.0874. The molecule has 0 saturated carbocycles. The van der Waals surface area contributed by atoms with Crippen LogP contribution >= 0.6 is 0 Å². The Kier molecular flexibility index (Phi) is 6.72. The molecule has 1 nitrogen and oxygen atoms in total. The molecule has 0 spiro atoms. The Morgan fingerprint density at radius 1 is 1.10 bits per heavy atom. The second kappa shape index (κ2) is 8.31. The van der Waals surface area contributed by atoms with Crippen LogP contribution in [0.2, 0.25) is 0 Å². The topological polar surface area (TPSA) is 17.1 Å². The van der Waals surface area contributed by atoms with Gasteiger partial charge in [0.1, 0.15) is 0 Å². The number of carbonyl (C=O) groups is 1. The molecular weight excluding hydrogens is 244 g/mol. The van der Waals surface area contributed by atoms with Crippen molar-refractivity contribution in [2.24, 2.45) is 0 Å². The average Bonchev–Trinajstić information content (AvgIpc) is 2.49. The van der Waals surface area contributed by atoms with E-state index in [1.54, 1.807) is 12.2 Å². The van der Waals surface area contributed by atoms with E-state index in [2.05, 4.69) is 13.2 Å². The molecule has 0 unspecified atom stereocenters. The van der Waals surface area contributed by atoms with E-state index in [-0.39, 0.29) is 5.78 Å². The van der Waals surface area contributed by atoms with Crippen LogP contribution in [0.3, 0.4) is 0 Å². The molecule has 0 saturated heterocycles. The predicted molar refractivity (Wildman–Crippen MR) is 87.5 cm³/mol. The van der Waals surface area contributed by atoms with Gasteiger partial charge < -0.3 is 0 Å². The minimum atomic E-state index is 0.0874. The fourth-order valence-corrected chi connectivity index (χ4v) is 2.53. The Morgan fingerprint density at radius 2 is 1.80 bits per heavy atom. The van der Waals surface area contributed by atoms with Gasteiger partial charge in [0.05, 0.1) is 0 Å². The van der Waals surface area contributed by atoms with Crippen LogP contribution < -0.4 is 0 Å². The lowest BCUT2D eigenvalue weighted by molar-refractivity contribution is -0.111. The Labute approximate surface area is 122 Å². The predicted octanol–water partition coefficient (Wildman–Crippen LogP) is 5.25. The molecule has 20 heavy (non-hydrogen) atoms. The molecule has 0 bridgehead atoms. The average molecular weight is 268 g/mol. The number of ketones is 1. The summed E-state index contributed by atoms with van der Waals surface area (Å²) in [6, 6.07) is 0. The molecule has 1 rings (SSSR count). The van der Waals surface area contributed by atoms with Crippen LogP contribution in [0.5, 0.6) is 0 Å². The van der Waals surface area contributed by atoms with E-state index in [0.29, 0.717) is 5.57 Å². The Morgan fingerprint density at radius 3 is 2.35 bits per heavy atom.